The van der Waals surface area contributed by atoms with Crippen LogP contribution in [-0.4, -0.2) is 16.3 Å². The van der Waals surface area contributed by atoms with Crippen molar-refractivity contribution in [1.29, 1.82) is 0 Å². The van der Waals surface area contributed by atoms with E-state index in [4.69, 9.17) is 0 Å². The van der Waals surface area contributed by atoms with Crippen molar-refractivity contribution >= 4 is 0 Å². The van der Waals surface area contributed by atoms with Crippen molar-refractivity contribution in [2.45, 2.75) is 65.5 Å². The highest BCUT2D eigenvalue weighted by molar-refractivity contribution is 4.98. The number of aryl methyl sites for hydroxylation is 1. The summed E-state index contributed by atoms with van der Waals surface area (Å²) in [7, 11) is 0. The molecule has 1 aromatic heterocycles. The number of rotatable bonds is 10. The SMILES string of the molecule is CCCCCCCCn1ccc(CNCC)n1. The monoisotopic (exact) mass is 237 g/mol. The molecule has 0 amide bonds. The first kappa shape index (κ1) is 14.2. The molecule has 0 saturated heterocycles. The van der Waals surface area contributed by atoms with Crippen LogP contribution in [0.25, 0.3) is 0 Å². The highest BCUT2D eigenvalue weighted by Crippen LogP contribution is 2.06. The molecule has 0 unspecified atom stereocenters. The van der Waals surface area contributed by atoms with Gasteiger partial charge in [0, 0.05) is 19.3 Å². The van der Waals surface area contributed by atoms with Gasteiger partial charge < -0.3 is 5.32 Å². The predicted molar refractivity (Wildman–Crippen MR) is 73.0 cm³/mol. The Hall–Kier alpha value is -0.830. The van der Waals surface area contributed by atoms with Crippen LogP contribution in [0.4, 0.5) is 0 Å². The summed E-state index contributed by atoms with van der Waals surface area (Å²) >= 11 is 0. The molecule has 1 heterocycles. The summed E-state index contributed by atoms with van der Waals surface area (Å²) in [6, 6.07) is 2.11. The van der Waals surface area contributed by atoms with E-state index in [1.165, 1.54) is 38.5 Å². The molecule has 3 nitrogen and oxygen atoms in total. The molecule has 98 valence electrons. The van der Waals surface area contributed by atoms with Crippen LogP contribution in [0.2, 0.25) is 0 Å². The van der Waals surface area contributed by atoms with Crippen molar-refractivity contribution in [3.63, 3.8) is 0 Å². The zero-order valence-corrected chi connectivity index (χ0v) is 11.4. The fourth-order valence-corrected chi connectivity index (χ4v) is 1.93. The number of nitrogens with zero attached hydrogens (tertiary/aromatic N) is 2. The maximum Gasteiger partial charge on any atom is 0.0762 e. The van der Waals surface area contributed by atoms with E-state index >= 15 is 0 Å². The summed E-state index contributed by atoms with van der Waals surface area (Å²) in [5.74, 6) is 0. The first-order chi connectivity index (χ1) is 8.36. The largest absolute Gasteiger partial charge is 0.311 e. The molecule has 17 heavy (non-hydrogen) atoms. The van der Waals surface area contributed by atoms with Crippen molar-refractivity contribution in [3.8, 4) is 0 Å². The zero-order chi connectivity index (χ0) is 12.3. The molecular formula is C14H27N3. The van der Waals surface area contributed by atoms with Gasteiger partial charge in [-0.1, -0.05) is 46.0 Å². The summed E-state index contributed by atoms with van der Waals surface area (Å²) in [5, 5.41) is 7.83. The Balaban J connectivity index is 2.08. The van der Waals surface area contributed by atoms with Gasteiger partial charge in [-0.05, 0) is 19.0 Å². The third kappa shape index (κ3) is 6.47. The molecule has 1 N–H and O–H groups in total. The van der Waals surface area contributed by atoms with Crippen LogP contribution in [0.1, 0.15) is 58.1 Å². The third-order valence-electron chi connectivity index (χ3n) is 2.99. The summed E-state index contributed by atoms with van der Waals surface area (Å²) < 4.78 is 2.08. The molecule has 0 aromatic carbocycles. The number of hydrogen-bond donors (Lipinski definition) is 1. The average Bonchev–Trinajstić information content (AvgIpc) is 2.79. The Morgan fingerprint density at radius 1 is 1.12 bits per heavy atom. The van der Waals surface area contributed by atoms with Crippen molar-refractivity contribution in [3.05, 3.63) is 18.0 Å². The van der Waals surface area contributed by atoms with E-state index in [0.29, 0.717) is 0 Å². The van der Waals surface area contributed by atoms with Gasteiger partial charge in [0.25, 0.3) is 0 Å². The molecule has 0 bridgehead atoms. The van der Waals surface area contributed by atoms with E-state index in [1.54, 1.807) is 0 Å². The van der Waals surface area contributed by atoms with Crippen molar-refractivity contribution in [1.82, 2.24) is 15.1 Å². The first-order valence-corrected chi connectivity index (χ1v) is 7.09. The second-order valence-corrected chi connectivity index (χ2v) is 4.62. The van der Waals surface area contributed by atoms with Crippen LogP contribution < -0.4 is 5.32 Å². The minimum Gasteiger partial charge on any atom is -0.311 e. The molecule has 0 aliphatic carbocycles. The lowest BCUT2D eigenvalue weighted by Crippen LogP contribution is -2.12. The quantitative estimate of drug-likeness (QED) is 0.632. The van der Waals surface area contributed by atoms with Gasteiger partial charge in [-0.3, -0.25) is 4.68 Å². The smallest absolute Gasteiger partial charge is 0.0762 e. The van der Waals surface area contributed by atoms with E-state index < -0.39 is 0 Å². The lowest BCUT2D eigenvalue weighted by Gasteiger charge is -2.02. The summed E-state index contributed by atoms with van der Waals surface area (Å²) in [6.45, 7) is 7.34. The fourth-order valence-electron chi connectivity index (χ4n) is 1.93. The van der Waals surface area contributed by atoms with Crippen LogP contribution in [0.3, 0.4) is 0 Å². The van der Waals surface area contributed by atoms with Gasteiger partial charge in [-0.15, -0.1) is 0 Å². The highest BCUT2D eigenvalue weighted by Gasteiger charge is 1.98. The second-order valence-electron chi connectivity index (χ2n) is 4.62. The maximum atomic E-state index is 4.54. The van der Waals surface area contributed by atoms with E-state index in [-0.39, 0.29) is 0 Å². The lowest BCUT2D eigenvalue weighted by atomic mass is 10.1. The summed E-state index contributed by atoms with van der Waals surface area (Å²) in [4.78, 5) is 0. The molecule has 0 atom stereocenters. The van der Waals surface area contributed by atoms with Gasteiger partial charge in [0.1, 0.15) is 0 Å². The number of unbranched alkanes of at least 4 members (excludes halogenated alkanes) is 5. The van der Waals surface area contributed by atoms with Gasteiger partial charge >= 0.3 is 0 Å². The Bertz CT molecular complexity index is 281. The van der Waals surface area contributed by atoms with Gasteiger partial charge in [-0.2, -0.15) is 5.10 Å². The molecule has 0 aliphatic heterocycles. The van der Waals surface area contributed by atoms with E-state index in [0.717, 1.165) is 25.3 Å². The molecule has 1 rings (SSSR count). The Kier molecular flexibility index (Phi) is 7.72. The van der Waals surface area contributed by atoms with E-state index in [1.807, 2.05) is 0 Å². The van der Waals surface area contributed by atoms with Crippen LogP contribution in [0.15, 0.2) is 12.3 Å². The van der Waals surface area contributed by atoms with Crippen molar-refractivity contribution < 1.29 is 0 Å². The molecule has 0 fully saturated rings. The number of aromatic nitrogens is 2. The van der Waals surface area contributed by atoms with Crippen LogP contribution in [-0.2, 0) is 13.1 Å². The Morgan fingerprint density at radius 3 is 2.65 bits per heavy atom. The Morgan fingerprint density at radius 2 is 1.88 bits per heavy atom. The zero-order valence-electron chi connectivity index (χ0n) is 11.4. The number of hydrogen-bond acceptors (Lipinski definition) is 2. The molecule has 0 spiro atoms. The standard InChI is InChI=1S/C14H27N3/c1-3-5-6-7-8-9-11-17-12-10-14(16-17)13-15-4-2/h10,12,15H,3-9,11,13H2,1-2H3. The minimum absolute atomic E-state index is 0.889. The topological polar surface area (TPSA) is 29.9 Å². The Labute approximate surface area is 106 Å². The van der Waals surface area contributed by atoms with Crippen LogP contribution in [0, 0.1) is 0 Å². The highest BCUT2D eigenvalue weighted by atomic mass is 15.3. The van der Waals surface area contributed by atoms with Crippen LogP contribution >= 0.6 is 0 Å². The summed E-state index contributed by atoms with van der Waals surface area (Å²) in [5.41, 5.74) is 1.15. The molecule has 3 heteroatoms. The molecular weight excluding hydrogens is 210 g/mol. The van der Waals surface area contributed by atoms with Crippen molar-refractivity contribution in [2.24, 2.45) is 0 Å². The van der Waals surface area contributed by atoms with Gasteiger partial charge in [0.2, 0.25) is 0 Å². The molecule has 0 saturated carbocycles. The van der Waals surface area contributed by atoms with Gasteiger partial charge in [0.05, 0.1) is 5.69 Å². The summed E-state index contributed by atoms with van der Waals surface area (Å²) in [6.07, 6.45) is 10.2. The first-order valence-electron chi connectivity index (χ1n) is 7.09. The third-order valence-corrected chi connectivity index (χ3v) is 2.99. The average molecular weight is 237 g/mol. The fraction of sp³-hybridized carbons (Fsp3) is 0.786. The van der Waals surface area contributed by atoms with Crippen LogP contribution in [0.5, 0.6) is 0 Å². The van der Waals surface area contributed by atoms with E-state index in [2.05, 4.69) is 41.2 Å². The lowest BCUT2D eigenvalue weighted by molar-refractivity contribution is 0.522. The predicted octanol–water partition coefficient (Wildman–Crippen LogP) is 3.35. The molecule has 0 radical (unpaired) electrons. The van der Waals surface area contributed by atoms with Gasteiger partial charge in [-0.25, -0.2) is 0 Å². The number of nitrogens with one attached hydrogen (secondary N) is 1. The van der Waals surface area contributed by atoms with Crippen molar-refractivity contribution in [2.75, 3.05) is 6.54 Å². The minimum atomic E-state index is 0.889. The second kappa shape index (κ2) is 9.23. The molecule has 1 aromatic rings. The maximum absolute atomic E-state index is 4.54. The molecule has 0 aliphatic rings. The normalized spacial score (nSPS) is 10.9. The van der Waals surface area contributed by atoms with E-state index in [9.17, 15) is 0 Å². The van der Waals surface area contributed by atoms with Gasteiger partial charge in [0.15, 0.2) is 0 Å².